The fourth-order valence-corrected chi connectivity index (χ4v) is 3.32. The summed E-state index contributed by atoms with van der Waals surface area (Å²) < 4.78 is 51.1. The number of carboxylic acids is 1. The predicted molar refractivity (Wildman–Crippen MR) is 89.7 cm³/mol. The first-order chi connectivity index (χ1) is 12.3. The van der Waals surface area contributed by atoms with Crippen LogP contribution in [-0.2, 0) is 11.0 Å². The molecule has 2 aromatic rings. The molecule has 2 aromatic carbocycles. The lowest BCUT2D eigenvalue weighted by Gasteiger charge is -2.19. The number of ether oxygens (including phenoxy) is 2. The number of halogens is 3. The number of carbonyl (C=O) groups is 1. The van der Waals surface area contributed by atoms with Crippen molar-refractivity contribution in [2.45, 2.75) is 16.0 Å². The molecule has 0 fully saturated rings. The number of aliphatic carboxylic acids is 1. The number of alkyl halides is 3. The average molecular weight is 382 g/mol. The molecule has 0 bridgehead atoms. The van der Waals surface area contributed by atoms with Gasteiger partial charge in [-0.2, -0.15) is 13.2 Å². The third-order valence-corrected chi connectivity index (χ3v) is 4.53. The Labute approximate surface area is 151 Å². The fourth-order valence-electron chi connectivity index (χ4n) is 2.34. The quantitative estimate of drug-likeness (QED) is 0.775. The van der Waals surface area contributed by atoms with Crippen LogP contribution in [0.4, 0.5) is 13.2 Å². The van der Waals surface area contributed by atoms with Gasteiger partial charge in [-0.1, -0.05) is 17.8 Å². The molecule has 0 amide bonds. The number of benzene rings is 2. The molecule has 136 valence electrons. The molecule has 1 heterocycles. The van der Waals surface area contributed by atoms with E-state index in [2.05, 4.69) is 0 Å². The van der Waals surface area contributed by atoms with E-state index in [-0.39, 0.29) is 10.5 Å². The van der Waals surface area contributed by atoms with Crippen LogP contribution < -0.4 is 9.47 Å². The van der Waals surface area contributed by atoms with Crippen molar-refractivity contribution < 1.29 is 32.5 Å². The van der Waals surface area contributed by atoms with Crippen LogP contribution >= 0.6 is 11.8 Å². The topological polar surface area (TPSA) is 55.8 Å². The smallest absolute Gasteiger partial charge is 0.417 e. The largest absolute Gasteiger partial charge is 0.486 e. The number of fused-ring (bicyclic) bond motifs is 1. The molecule has 3 rings (SSSR count). The Morgan fingerprint density at radius 1 is 1.08 bits per heavy atom. The second-order valence-electron chi connectivity index (χ2n) is 5.33. The molecule has 0 saturated carbocycles. The van der Waals surface area contributed by atoms with Gasteiger partial charge in [-0.15, -0.1) is 0 Å². The number of carboxylic acid groups (broad SMARTS) is 1. The van der Waals surface area contributed by atoms with Crippen LogP contribution in [0, 0.1) is 0 Å². The normalized spacial score (nSPS) is 13.8. The molecule has 1 N–H and O–H groups in total. The summed E-state index contributed by atoms with van der Waals surface area (Å²) in [6, 6.07) is 8.66. The summed E-state index contributed by atoms with van der Waals surface area (Å²) in [5.74, 6) is -0.171. The standard InChI is InChI=1S/C18H13F3O4S/c19-18(20,21)13-9-11(2-6-17(22)23)1-5-16(13)26-12-3-4-14-15(10-12)25-8-7-24-14/h1-6,9-10H,7-8H2,(H,22,23)/b6-2+. The summed E-state index contributed by atoms with van der Waals surface area (Å²) in [6.07, 6.45) is -2.65. The van der Waals surface area contributed by atoms with Crippen molar-refractivity contribution in [3.63, 3.8) is 0 Å². The van der Waals surface area contributed by atoms with Gasteiger partial charge in [0.25, 0.3) is 0 Å². The van der Waals surface area contributed by atoms with Gasteiger partial charge in [-0.05, 0) is 42.0 Å². The van der Waals surface area contributed by atoms with Gasteiger partial charge < -0.3 is 14.6 Å². The third kappa shape index (κ3) is 4.32. The van der Waals surface area contributed by atoms with Crippen LogP contribution in [0.15, 0.2) is 52.3 Å². The maximum absolute atomic E-state index is 13.4. The number of rotatable bonds is 4. The Hall–Kier alpha value is -2.61. The Bertz CT molecular complexity index is 862. The maximum Gasteiger partial charge on any atom is 0.417 e. The molecule has 26 heavy (non-hydrogen) atoms. The molecule has 0 atom stereocenters. The minimum absolute atomic E-state index is 0.0154. The van der Waals surface area contributed by atoms with Crippen molar-refractivity contribution in [1.82, 2.24) is 0 Å². The molecule has 0 spiro atoms. The summed E-state index contributed by atoms with van der Waals surface area (Å²) in [7, 11) is 0. The predicted octanol–water partition coefficient (Wildman–Crippen LogP) is 4.73. The van der Waals surface area contributed by atoms with E-state index in [4.69, 9.17) is 14.6 Å². The lowest BCUT2D eigenvalue weighted by Crippen LogP contribution is -2.15. The minimum atomic E-state index is -4.57. The molecule has 0 saturated heterocycles. The van der Waals surface area contributed by atoms with E-state index in [1.165, 1.54) is 12.1 Å². The van der Waals surface area contributed by atoms with Gasteiger partial charge in [0.15, 0.2) is 11.5 Å². The molecule has 0 aliphatic carbocycles. The summed E-state index contributed by atoms with van der Waals surface area (Å²) in [5.41, 5.74) is -0.670. The first-order valence-electron chi connectivity index (χ1n) is 7.53. The fraction of sp³-hybridized carbons (Fsp3) is 0.167. The highest BCUT2D eigenvalue weighted by Gasteiger charge is 2.34. The van der Waals surface area contributed by atoms with Gasteiger partial charge in [0.2, 0.25) is 0 Å². The number of hydrogen-bond donors (Lipinski definition) is 1. The molecule has 0 aromatic heterocycles. The molecule has 0 unspecified atom stereocenters. The van der Waals surface area contributed by atoms with Crippen LogP contribution in [0.5, 0.6) is 11.5 Å². The van der Waals surface area contributed by atoms with Crippen LogP contribution in [0.2, 0.25) is 0 Å². The van der Waals surface area contributed by atoms with E-state index < -0.39 is 17.7 Å². The van der Waals surface area contributed by atoms with Gasteiger partial charge in [-0.25, -0.2) is 4.79 Å². The van der Waals surface area contributed by atoms with E-state index in [0.717, 1.165) is 30.0 Å². The molecular formula is C18H13F3O4S. The van der Waals surface area contributed by atoms with E-state index in [1.807, 2.05) is 0 Å². The van der Waals surface area contributed by atoms with E-state index in [1.54, 1.807) is 18.2 Å². The van der Waals surface area contributed by atoms with Crippen molar-refractivity contribution >= 4 is 23.8 Å². The first-order valence-corrected chi connectivity index (χ1v) is 8.34. The summed E-state index contributed by atoms with van der Waals surface area (Å²) >= 11 is 0.951. The van der Waals surface area contributed by atoms with Gasteiger partial charge >= 0.3 is 12.1 Å². The van der Waals surface area contributed by atoms with E-state index in [0.29, 0.717) is 29.6 Å². The minimum Gasteiger partial charge on any atom is -0.486 e. The lowest BCUT2D eigenvalue weighted by atomic mass is 10.1. The SMILES string of the molecule is O=C(O)/C=C/c1ccc(Sc2ccc3c(c2)OCCO3)c(C(F)(F)F)c1. The van der Waals surface area contributed by atoms with E-state index >= 15 is 0 Å². The molecule has 0 radical (unpaired) electrons. The van der Waals surface area contributed by atoms with Gasteiger partial charge in [-0.3, -0.25) is 0 Å². The molecule has 1 aliphatic rings. The zero-order valence-corrected chi connectivity index (χ0v) is 14.1. The van der Waals surface area contributed by atoms with Crippen molar-refractivity contribution in [3.05, 3.63) is 53.6 Å². The second kappa shape index (κ2) is 7.33. The van der Waals surface area contributed by atoms with Crippen LogP contribution in [-0.4, -0.2) is 24.3 Å². The van der Waals surface area contributed by atoms with Crippen molar-refractivity contribution in [2.24, 2.45) is 0 Å². The molecular weight excluding hydrogens is 369 g/mol. The van der Waals surface area contributed by atoms with Crippen LogP contribution in [0.1, 0.15) is 11.1 Å². The first kappa shape index (κ1) is 18.2. The molecule has 8 heteroatoms. The van der Waals surface area contributed by atoms with E-state index in [9.17, 15) is 18.0 Å². The Morgan fingerprint density at radius 2 is 1.81 bits per heavy atom. The summed E-state index contributed by atoms with van der Waals surface area (Å²) in [5, 5.41) is 8.62. The monoisotopic (exact) mass is 382 g/mol. The highest BCUT2D eigenvalue weighted by Crippen LogP contribution is 2.42. The molecule has 4 nitrogen and oxygen atoms in total. The second-order valence-corrected chi connectivity index (χ2v) is 6.45. The lowest BCUT2D eigenvalue weighted by molar-refractivity contribution is -0.139. The highest BCUT2D eigenvalue weighted by molar-refractivity contribution is 7.99. The zero-order valence-electron chi connectivity index (χ0n) is 13.2. The third-order valence-electron chi connectivity index (χ3n) is 3.47. The van der Waals surface area contributed by atoms with Crippen molar-refractivity contribution in [1.29, 1.82) is 0 Å². The van der Waals surface area contributed by atoms with Crippen molar-refractivity contribution in [3.8, 4) is 11.5 Å². The van der Waals surface area contributed by atoms with Gasteiger partial charge in [0, 0.05) is 15.9 Å². The van der Waals surface area contributed by atoms with Gasteiger partial charge in [0.1, 0.15) is 13.2 Å². The summed E-state index contributed by atoms with van der Waals surface area (Å²) in [6.45, 7) is 0.822. The maximum atomic E-state index is 13.4. The Balaban J connectivity index is 1.92. The zero-order chi connectivity index (χ0) is 18.7. The average Bonchev–Trinajstić information content (AvgIpc) is 2.59. The van der Waals surface area contributed by atoms with Crippen LogP contribution in [0.25, 0.3) is 6.08 Å². The highest BCUT2D eigenvalue weighted by atomic mass is 32.2. The Kier molecular flexibility index (Phi) is 5.13. The number of hydrogen-bond acceptors (Lipinski definition) is 4. The van der Waals surface area contributed by atoms with Gasteiger partial charge in [0.05, 0.1) is 5.56 Å². The van der Waals surface area contributed by atoms with Crippen molar-refractivity contribution in [2.75, 3.05) is 13.2 Å². The summed E-state index contributed by atoms with van der Waals surface area (Å²) in [4.78, 5) is 11.1. The molecule has 1 aliphatic heterocycles. The Morgan fingerprint density at radius 3 is 2.50 bits per heavy atom. The van der Waals surface area contributed by atoms with Crippen LogP contribution in [0.3, 0.4) is 0 Å².